The Morgan fingerprint density at radius 2 is 1.85 bits per heavy atom. The van der Waals surface area contributed by atoms with Gasteiger partial charge in [-0.3, -0.25) is 24.9 Å². The Morgan fingerprint density at radius 3 is 2.26 bits per heavy atom. The standard InChI is InChI=1S/C12H17NO5.C4H5NO3.Y/c1-9(8-14)11-4-3-10(18-6-5-17-2)7-12(11)13(15)16;6-3-1-2-4(7)5(3)8;/h3-4,7,9,14H,5-6,8H2,1-2H3;8H,1-2H2;. The van der Waals surface area contributed by atoms with Gasteiger partial charge in [-0.15, -0.1) is 0 Å². The van der Waals surface area contributed by atoms with E-state index in [0.29, 0.717) is 24.5 Å². The molecule has 1 heterocycles. The topological polar surface area (TPSA) is 139 Å². The third kappa shape index (κ3) is 7.98. The van der Waals surface area contributed by atoms with E-state index in [4.69, 9.17) is 19.8 Å². The SMILES string of the molecule is COCCOc1ccc(C(C)CO)c([N+](=O)[O-])c1.O=C1CCC(=O)N1O.[Y]. The number of nitrogens with zero attached hydrogens (tertiary/aromatic N) is 2. The number of nitro benzene ring substituents is 1. The van der Waals surface area contributed by atoms with Crippen LogP contribution in [0.3, 0.4) is 0 Å². The van der Waals surface area contributed by atoms with Gasteiger partial charge >= 0.3 is 0 Å². The molecule has 147 valence electrons. The predicted octanol–water partition coefficient (Wildman–Crippen LogP) is 1.24. The first-order valence-corrected chi connectivity index (χ1v) is 7.87. The molecule has 0 saturated carbocycles. The van der Waals surface area contributed by atoms with Gasteiger partial charge in [0.25, 0.3) is 17.5 Å². The van der Waals surface area contributed by atoms with Crippen LogP contribution in [-0.2, 0) is 47.0 Å². The van der Waals surface area contributed by atoms with E-state index in [1.165, 1.54) is 6.07 Å². The number of methoxy groups -OCH3 is 1. The molecule has 1 unspecified atom stereocenters. The summed E-state index contributed by atoms with van der Waals surface area (Å²) < 4.78 is 10.1. The summed E-state index contributed by atoms with van der Waals surface area (Å²) >= 11 is 0. The van der Waals surface area contributed by atoms with Crippen molar-refractivity contribution in [2.75, 3.05) is 26.9 Å². The molecular weight excluding hydrogens is 437 g/mol. The number of nitro groups is 1. The molecule has 2 amide bonds. The van der Waals surface area contributed by atoms with Crippen LogP contribution in [0.25, 0.3) is 0 Å². The van der Waals surface area contributed by atoms with E-state index in [2.05, 4.69) is 0 Å². The van der Waals surface area contributed by atoms with Crippen molar-refractivity contribution in [3.05, 3.63) is 33.9 Å². The molecule has 27 heavy (non-hydrogen) atoms. The van der Waals surface area contributed by atoms with E-state index < -0.39 is 16.7 Å². The van der Waals surface area contributed by atoms with Gasteiger partial charge in [0.1, 0.15) is 12.4 Å². The van der Waals surface area contributed by atoms with Gasteiger partial charge < -0.3 is 14.6 Å². The first-order valence-electron chi connectivity index (χ1n) is 7.87. The van der Waals surface area contributed by atoms with Crippen LogP contribution in [0.4, 0.5) is 5.69 Å². The average Bonchev–Trinajstić information content (AvgIpc) is 2.92. The van der Waals surface area contributed by atoms with Crippen molar-refractivity contribution in [2.45, 2.75) is 25.7 Å². The smallest absolute Gasteiger partial charge is 0.276 e. The van der Waals surface area contributed by atoms with Gasteiger partial charge in [-0.25, -0.2) is 0 Å². The van der Waals surface area contributed by atoms with Crippen molar-refractivity contribution < 1.29 is 67.0 Å². The molecule has 0 spiro atoms. The maximum Gasteiger partial charge on any atom is 0.276 e. The summed E-state index contributed by atoms with van der Waals surface area (Å²) in [6.07, 6.45) is 0.296. The van der Waals surface area contributed by atoms with Gasteiger partial charge in [-0.2, -0.15) is 5.06 Å². The van der Waals surface area contributed by atoms with Gasteiger partial charge in [-0.05, 0) is 12.1 Å². The minimum absolute atomic E-state index is 0. The van der Waals surface area contributed by atoms with Crippen LogP contribution in [0.5, 0.6) is 5.75 Å². The van der Waals surface area contributed by atoms with Crippen LogP contribution >= 0.6 is 0 Å². The molecule has 1 saturated heterocycles. The number of rotatable bonds is 7. The van der Waals surface area contributed by atoms with Gasteiger partial charge in [0, 0.05) is 70.7 Å². The maximum absolute atomic E-state index is 11.0. The number of hydrogen-bond donors (Lipinski definition) is 2. The van der Waals surface area contributed by atoms with E-state index in [1.807, 2.05) is 0 Å². The summed E-state index contributed by atoms with van der Waals surface area (Å²) in [5.74, 6) is -0.865. The number of aliphatic hydroxyl groups excluding tert-OH is 1. The molecule has 0 aliphatic carbocycles. The first kappa shape index (κ1) is 25.5. The summed E-state index contributed by atoms with van der Waals surface area (Å²) in [6, 6.07) is 4.64. The van der Waals surface area contributed by atoms with E-state index in [0.717, 1.165) is 0 Å². The van der Waals surface area contributed by atoms with E-state index in [-0.39, 0.29) is 68.8 Å². The van der Waals surface area contributed by atoms with E-state index in [9.17, 15) is 19.7 Å². The Morgan fingerprint density at radius 1 is 1.26 bits per heavy atom. The van der Waals surface area contributed by atoms with Gasteiger partial charge in [0.2, 0.25) is 0 Å². The molecule has 0 bridgehead atoms. The molecule has 1 aliphatic rings. The molecule has 1 atom stereocenters. The van der Waals surface area contributed by atoms with Crippen molar-refractivity contribution in [2.24, 2.45) is 0 Å². The zero-order valence-corrected chi connectivity index (χ0v) is 18.0. The van der Waals surface area contributed by atoms with Gasteiger partial charge in [0.05, 0.1) is 17.6 Å². The Bertz CT molecular complexity index is 639. The van der Waals surface area contributed by atoms with Crippen molar-refractivity contribution in [1.82, 2.24) is 5.06 Å². The number of benzene rings is 1. The normalized spacial score (nSPS) is 14.1. The Balaban J connectivity index is 0.000000629. The number of carbonyl (C=O) groups excluding carboxylic acids is 2. The van der Waals surface area contributed by atoms with Crippen LogP contribution < -0.4 is 4.74 Å². The van der Waals surface area contributed by atoms with Crippen LogP contribution in [0.1, 0.15) is 31.2 Å². The molecule has 1 radical (unpaired) electrons. The molecule has 2 rings (SSSR count). The van der Waals surface area contributed by atoms with Crippen molar-refractivity contribution in [3.63, 3.8) is 0 Å². The monoisotopic (exact) mass is 459 g/mol. The number of hydrogen-bond acceptors (Lipinski definition) is 8. The first-order chi connectivity index (χ1) is 12.3. The second-order valence-corrected chi connectivity index (χ2v) is 5.50. The third-order valence-corrected chi connectivity index (χ3v) is 3.58. The Labute approximate surface area is 181 Å². The predicted molar refractivity (Wildman–Crippen MR) is 88.8 cm³/mol. The maximum atomic E-state index is 11.0. The second-order valence-electron chi connectivity index (χ2n) is 5.50. The molecule has 1 aliphatic heterocycles. The molecular formula is C16H22N2O8Y. The fraction of sp³-hybridized carbons (Fsp3) is 0.500. The molecule has 10 nitrogen and oxygen atoms in total. The summed E-state index contributed by atoms with van der Waals surface area (Å²) in [7, 11) is 1.55. The number of carbonyl (C=O) groups is 2. The molecule has 11 heteroatoms. The molecule has 0 aromatic heterocycles. The van der Waals surface area contributed by atoms with Crippen LogP contribution in [0, 0.1) is 10.1 Å². The zero-order valence-electron chi connectivity index (χ0n) is 15.2. The number of hydroxylamine groups is 2. The van der Waals surface area contributed by atoms with Crippen LogP contribution in [-0.4, -0.2) is 59.0 Å². The van der Waals surface area contributed by atoms with Crippen molar-refractivity contribution >= 4 is 17.5 Å². The van der Waals surface area contributed by atoms with Crippen molar-refractivity contribution in [3.8, 4) is 5.75 Å². The third-order valence-electron chi connectivity index (χ3n) is 3.58. The van der Waals surface area contributed by atoms with E-state index in [1.54, 1.807) is 26.2 Å². The quantitative estimate of drug-likeness (QED) is 0.204. The van der Waals surface area contributed by atoms with Gasteiger partial charge in [0.15, 0.2) is 0 Å². The van der Waals surface area contributed by atoms with Gasteiger partial charge in [-0.1, -0.05) is 6.92 Å². The van der Waals surface area contributed by atoms with Crippen LogP contribution in [0.15, 0.2) is 18.2 Å². The van der Waals surface area contributed by atoms with E-state index >= 15 is 0 Å². The summed E-state index contributed by atoms with van der Waals surface area (Å²) in [5, 5.41) is 28.6. The summed E-state index contributed by atoms with van der Waals surface area (Å²) in [6.45, 7) is 2.35. The largest absolute Gasteiger partial charge is 0.491 e. The average molecular weight is 459 g/mol. The minimum Gasteiger partial charge on any atom is -0.491 e. The zero-order chi connectivity index (χ0) is 19.7. The number of ether oxygens (including phenoxy) is 2. The Hall–Kier alpha value is -1.46. The molecule has 2 N–H and O–H groups in total. The number of imide groups is 1. The number of amides is 2. The van der Waals surface area contributed by atoms with Crippen LogP contribution in [0.2, 0.25) is 0 Å². The minimum atomic E-state index is -0.505. The summed E-state index contributed by atoms with van der Waals surface area (Å²) in [5.41, 5.74) is 0.466. The molecule has 1 aromatic rings. The fourth-order valence-corrected chi connectivity index (χ4v) is 2.09. The van der Waals surface area contributed by atoms with Crippen molar-refractivity contribution in [1.29, 1.82) is 0 Å². The number of aliphatic hydroxyl groups is 1. The summed E-state index contributed by atoms with van der Waals surface area (Å²) in [4.78, 5) is 31.0. The molecule has 1 fully saturated rings. The second kappa shape index (κ2) is 12.8. The molecule has 1 aromatic carbocycles. The Kier molecular flexibility index (Phi) is 12.2. The fourth-order valence-electron chi connectivity index (χ4n) is 2.09.